The summed E-state index contributed by atoms with van der Waals surface area (Å²) < 4.78 is 18.2. The van der Waals surface area contributed by atoms with Gasteiger partial charge < -0.3 is 18.7 Å². The molecule has 12 aromatic rings. The number of nitrogens with zero attached hydrogens (tertiary/aromatic N) is 1. The molecule has 0 fully saturated rings. The highest BCUT2D eigenvalue weighted by molar-refractivity contribution is 7.25. The molecule has 5 heterocycles. The number of anilines is 2. The monoisotopic (exact) mass is 818 g/mol. The average Bonchev–Trinajstić information content (AvgIpc) is 4.00. The van der Waals surface area contributed by atoms with Crippen LogP contribution in [0.4, 0.5) is 11.4 Å². The van der Waals surface area contributed by atoms with Gasteiger partial charge >= 0.3 is 0 Å². The molecule has 8 aromatic carbocycles. The lowest BCUT2D eigenvalue weighted by Crippen LogP contribution is -2.37. The average molecular weight is 819 g/mol. The minimum atomic E-state index is 0.0507. The Kier molecular flexibility index (Phi) is 7.21. The molecule has 1 aliphatic rings. The standard InChI is InChI=1S/C56H43BN2O2S/c1-55(2,3)30-15-18-32(19-16-30)58-44-26-42-41-23-31(56(4,5)6)17-22-51(41)62-52(42)27-37(44)35-20-21-36-38-24-39-33-11-7-9-13-47(33)60-49(39)28-45(38)59-46-29-50-40(25-43(46)57-53(35)54(36)59)34-12-8-10-14-48(34)61-50/h7-29,57-58H,1-6H3. The smallest absolute Gasteiger partial charge is 0.198 e. The summed E-state index contributed by atoms with van der Waals surface area (Å²) >= 11 is 1.89. The van der Waals surface area contributed by atoms with Gasteiger partial charge in [0.25, 0.3) is 0 Å². The van der Waals surface area contributed by atoms with E-state index in [1.165, 1.54) is 69.6 Å². The van der Waals surface area contributed by atoms with Crippen LogP contribution in [0.25, 0.3) is 103 Å². The van der Waals surface area contributed by atoms with Gasteiger partial charge in [-0.1, -0.05) is 120 Å². The third kappa shape index (κ3) is 5.20. The zero-order valence-corrected chi connectivity index (χ0v) is 36.5. The number of fused-ring (bicyclic) bond motifs is 14. The summed E-state index contributed by atoms with van der Waals surface area (Å²) in [5, 5.41) is 13.6. The van der Waals surface area contributed by atoms with E-state index in [4.69, 9.17) is 8.83 Å². The fraction of sp³-hybridized carbons (Fsp3) is 0.143. The molecule has 298 valence electrons. The second kappa shape index (κ2) is 12.4. The Morgan fingerprint density at radius 3 is 1.89 bits per heavy atom. The predicted octanol–water partition coefficient (Wildman–Crippen LogP) is 14.7. The normalized spacial score (nSPS) is 13.1. The van der Waals surface area contributed by atoms with Gasteiger partial charge in [-0.3, -0.25) is 0 Å². The topological polar surface area (TPSA) is 43.2 Å². The van der Waals surface area contributed by atoms with Crippen molar-refractivity contribution in [1.82, 2.24) is 4.57 Å². The molecular formula is C56H43BN2O2S. The summed E-state index contributed by atoms with van der Waals surface area (Å²) in [6.07, 6.45) is 0. The van der Waals surface area contributed by atoms with Crippen LogP contribution in [0.15, 0.2) is 148 Å². The molecule has 62 heavy (non-hydrogen) atoms. The van der Waals surface area contributed by atoms with Crippen molar-refractivity contribution in [1.29, 1.82) is 0 Å². The van der Waals surface area contributed by atoms with Gasteiger partial charge in [-0.25, -0.2) is 0 Å². The van der Waals surface area contributed by atoms with Crippen LogP contribution in [0.5, 0.6) is 0 Å². The summed E-state index contributed by atoms with van der Waals surface area (Å²) in [5.74, 6) is 0. The lowest BCUT2D eigenvalue weighted by atomic mass is 9.59. The first-order valence-corrected chi connectivity index (χ1v) is 22.5. The third-order valence-electron chi connectivity index (χ3n) is 13.5. The van der Waals surface area contributed by atoms with Gasteiger partial charge in [0.15, 0.2) is 7.28 Å². The number of benzene rings is 8. The summed E-state index contributed by atoms with van der Waals surface area (Å²) in [6, 6.07) is 51.7. The van der Waals surface area contributed by atoms with Crippen LogP contribution in [-0.2, 0) is 10.8 Å². The fourth-order valence-corrected chi connectivity index (χ4v) is 11.3. The van der Waals surface area contributed by atoms with Gasteiger partial charge in [-0.2, -0.15) is 0 Å². The Morgan fingerprint density at radius 1 is 0.500 bits per heavy atom. The van der Waals surface area contributed by atoms with Crippen LogP contribution in [0.1, 0.15) is 52.7 Å². The van der Waals surface area contributed by atoms with Crippen molar-refractivity contribution >= 4 is 127 Å². The second-order valence-electron chi connectivity index (χ2n) is 19.4. The van der Waals surface area contributed by atoms with Crippen LogP contribution in [-0.4, -0.2) is 11.8 Å². The molecule has 0 radical (unpaired) electrons. The number of rotatable bonds is 3. The number of hydrogen-bond acceptors (Lipinski definition) is 4. The van der Waals surface area contributed by atoms with Crippen LogP contribution in [0.2, 0.25) is 0 Å². The molecular weight excluding hydrogens is 776 g/mol. The molecule has 0 aliphatic carbocycles. The molecule has 6 heteroatoms. The van der Waals surface area contributed by atoms with Crippen molar-refractivity contribution < 1.29 is 8.83 Å². The Morgan fingerprint density at radius 2 is 1.16 bits per heavy atom. The van der Waals surface area contributed by atoms with E-state index in [2.05, 4.69) is 185 Å². The SMILES string of the molecule is CC(C)(C)c1ccc(Nc2cc3c(cc2-c2ccc4c5cc6c(cc5n5c4c2Bc2cc4c(cc2-5)oc2ccccc24)oc2ccccc26)sc2ccc(C(C)(C)C)cc23)cc1. The third-order valence-corrected chi connectivity index (χ3v) is 14.6. The molecule has 1 aliphatic heterocycles. The molecule has 0 amide bonds. The van der Waals surface area contributed by atoms with Gasteiger partial charge in [0.05, 0.1) is 5.52 Å². The molecule has 4 aromatic heterocycles. The van der Waals surface area contributed by atoms with E-state index in [0.717, 1.165) is 73.7 Å². The number of para-hydroxylation sites is 2. The van der Waals surface area contributed by atoms with Gasteiger partial charge in [-0.15, -0.1) is 11.3 Å². The molecule has 1 N–H and O–H groups in total. The van der Waals surface area contributed by atoms with Crippen LogP contribution < -0.4 is 16.2 Å². The van der Waals surface area contributed by atoms with E-state index in [1.54, 1.807) is 0 Å². The maximum atomic E-state index is 6.55. The van der Waals surface area contributed by atoms with Crippen molar-refractivity contribution in [3.8, 4) is 16.8 Å². The van der Waals surface area contributed by atoms with Crippen molar-refractivity contribution in [2.75, 3.05) is 5.32 Å². The van der Waals surface area contributed by atoms with E-state index in [0.29, 0.717) is 0 Å². The molecule has 0 bridgehead atoms. The molecule has 0 atom stereocenters. The van der Waals surface area contributed by atoms with Crippen LogP contribution >= 0.6 is 11.3 Å². The summed E-state index contributed by atoms with van der Waals surface area (Å²) in [7, 11) is 0.784. The molecule has 4 nitrogen and oxygen atoms in total. The zero-order chi connectivity index (χ0) is 41.8. The highest BCUT2D eigenvalue weighted by Crippen LogP contribution is 2.45. The molecule has 13 rings (SSSR count). The zero-order valence-electron chi connectivity index (χ0n) is 35.7. The van der Waals surface area contributed by atoms with E-state index in [-0.39, 0.29) is 10.8 Å². The quantitative estimate of drug-likeness (QED) is 0.181. The van der Waals surface area contributed by atoms with Crippen LogP contribution in [0, 0.1) is 0 Å². The number of aromatic nitrogens is 1. The first kappa shape index (κ1) is 35.9. The number of hydrogen-bond donors (Lipinski definition) is 1. The Hall–Kier alpha value is -6.76. The Balaban J connectivity index is 1.10. The number of nitrogens with one attached hydrogen (secondary N) is 1. The maximum absolute atomic E-state index is 6.55. The molecule has 0 unspecified atom stereocenters. The first-order chi connectivity index (χ1) is 29.9. The number of thiophene rings is 1. The van der Waals surface area contributed by atoms with Crippen molar-refractivity contribution in [2.45, 2.75) is 52.4 Å². The number of furan rings is 2. The second-order valence-corrected chi connectivity index (χ2v) is 20.5. The van der Waals surface area contributed by atoms with Gasteiger partial charge in [-0.05, 0) is 87.6 Å². The van der Waals surface area contributed by atoms with E-state index in [9.17, 15) is 0 Å². The van der Waals surface area contributed by atoms with E-state index in [1.807, 2.05) is 17.4 Å². The van der Waals surface area contributed by atoms with Crippen molar-refractivity contribution in [3.63, 3.8) is 0 Å². The summed E-state index contributed by atoms with van der Waals surface area (Å²) in [6.45, 7) is 13.7. The molecule has 0 saturated carbocycles. The predicted molar refractivity (Wildman–Crippen MR) is 267 cm³/mol. The van der Waals surface area contributed by atoms with Crippen molar-refractivity contribution in [3.05, 3.63) is 151 Å². The van der Waals surface area contributed by atoms with Gasteiger partial charge in [0, 0.05) is 92.8 Å². The lowest BCUT2D eigenvalue weighted by molar-refractivity contribution is 0.590. The highest BCUT2D eigenvalue weighted by Gasteiger charge is 2.29. The van der Waals surface area contributed by atoms with Crippen LogP contribution in [0.3, 0.4) is 0 Å². The summed E-state index contributed by atoms with van der Waals surface area (Å²) in [4.78, 5) is 0. The molecule has 0 saturated heterocycles. The Bertz CT molecular complexity index is 3880. The van der Waals surface area contributed by atoms with E-state index < -0.39 is 0 Å². The minimum Gasteiger partial charge on any atom is -0.456 e. The first-order valence-electron chi connectivity index (χ1n) is 21.7. The van der Waals surface area contributed by atoms with Gasteiger partial charge in [0.2, 0.25) is 0 Å². The highest BCUT2D eigenvalue weighted by atomic mass is 32.1. The largest absolute Gasteiger partial charge is 0.456 e. The molecule has 0 spiro atoms. The Labute approximate surface area is 363 Å². The fourth-order valence-electron chi connectivity index (χ4n) is 10.2. The van der Waals surface area contributed by atoms with Gasteiger partial charge in [0.1, 0.15) is 22.3 Å². The maximum Gasteiger partial charge on any atom is 0.198 e. The van der Waals surface area contributed by atoms with E-state index >= 15 is 0 Å². The summed E-state index contributed by atoms with van der Waals surface area (Å²) in [5.41, 5.74) is 17.1. The lowest BCUT2D eigenvalue weighted by Gasteiger charge is -2.24. The van der Waals surface area contributed by atoms with Crippen molar-refractivity contribution in [2.24, 2.45) is 0 Å². The minimum absolute atomic E-state index is 0.0507.